The van der Waals surface area contributed by atoms with Crippen molar-refractivity contribution in [2.45, 2.75) is 30.3 Å². The zero-order valence-corrected chi connectivity index (χ0v) is 8.77. The Bertz CT molecular complexity index is 186. The highest BCUT2D eigenvalue weighted by Crippen LogP contribution is 2.09. The van der Waals surface area contributed by atoms with Crippen LogP contribution in [-0.2, 0) is 0 Å². The molecule has 98 valence electrons. The first kappa shape index (κ1) is 17.8. The van der Waals surface area contributed by atoms with Gasteiger partial charge in [0.2, 0.25) is 0 Å². The van der Waals surface area contributed by atoms with Crippen molar-refractivity contribution in [1.82, 2.24) is 0 Å². The van der Waals surface area contributed by atoms with Gasteiger partial charge in [-0.25, -0.2) is 0 Å². The Balaban J connectivity index is 0. The Morgan fingerprint density at radius 3 is 1.62 bits per heavy atom. The number of nitrogens with two attached hydrogens (primary N) is 2. The number of hydrogen-bond acceptors (Lipinski definition) is 8. The highest BCUT2D eigenvalue weighted by molar-refractivity contribution is 4.87. The molecule has 0 rings (SSSR count). The van der Waals surface area contributed by atoms with Crippen LogP contribution in [0.3, 0.4) is 0 Å². The standard InChI is InChI=1S/C6H16N2O6.C2H4/c7-6(8,14)5(13)4(12)3(11)2(10)1-9;1-2/h2-5,9-14H,1,7-8H2;1-2H2/t2-,3-,4+,5-;/m1./s1. The molecule has 0 aliphatic rings. The lowest BCUT2D eigenvalue weighted by Crippen LogP contribution is -2.65. The Morgan fingerprint density at radius 1 is 1.00 bits per heavy atom. The summed E-state index contributed by atoms with van der Waals surface area (Å²) in [7, 11) is 0. The number of aliphatic hydroxyl groups excluding tert-OH is 5. The van der Waals surface area contributed by atoms with Crippen molar-refractivity contribution >= 4 is 0 Å². The summed E-state index contributed by atoms with van der Waals surface area (Å²) in [5, 5.41) is 53.4. The lowest BCUT2D eigenvalue weighted by atomic mass is 10.0. The van der Waals surface area contributed by atoms with Gasteiger partial charge in [0.05, 0.1) is 6.61 Å². The van der Waals surface area contributed by atoms with Crippen LogP contribution in [0, 0.1) is 0 Å². The second-order valence-corrected chi connectivity index (χ2v) is 3.06. The number of rotatable bonds is 5. The van der Waals surface area contributed by atoms with E-state index >= 15 is 0 Å². The molecule has 0 aliphatic carbocycles. The average molecular weight is 240 g/mol. The molecule has 0 fully saturated rings. The second kappa shape index (κ2) is 7.65. The molecule has 0 aromatic carbocycles. The van der Waals surface area contributed by atoms with Gasteiger partial charge in [-0.05, 0) is 0 Å². The Morgan fingerprint density at radius 2 is 1.38 bits per heavy atom. The fraction of sp³-hybridized carbons (Fsp3) is 0.750. The summed E-state index contributed by atoms with van der Waals surface area (Å²) in [6.45, 7) is 5.18. The van der Waals surface area contributed by atoms with Crippen LogP contribution < -0.4 is 11.5 Å². The Hall–Kier alpha value is -0.580. The van der Waals surface area contributed by atoms with Gasteiger partial charge in [-0.15, -0.1) is 13.2 Å². The molecule has 4 atom stereocenters. The smallest absolute Gasteiger partial charge is 0.196 e. The monoisotopic (exact) mass is 240 g/mol. The van der Waals surface area contributed by atoms with Crippen molar-refractivity contribution in [1.29, 1.82) is 0 Å². The van der Waals surface area contributed by atoms with Crippen LogP contribution in [0.2, 0.25) is 0 Å². The highest BCUT2D eigenvalue weighted by atomic mass is 16.4. The van der Waals surface area contributed by atoms with Crippen LogP contribution in [0.1, 0.15) is 0 Å². The average Bonchev–Trinajstić information content (AvgIpc) is 2.26. The van der Waals surface area contributed by atoms with Gasteiger partial charge in [0.1, 0.15) is 24.4 Å². The third-order valence-corrected chi connectivity index (χ3v) is 1.73. The largest absolute Gasteiger partial charge is 0.394 e. The van der Waals surface area contributed by atoms with E-state index in [1.165, 1.54) is 0 Å². The maximum atomic E-state index is 9.13. The fourth-order valence-electron chi connectivity index (χ4n) is 0.796. The number of aliphatic hydroxyl groups is 6. The van der Waals surface area contributed by atoms with Gasteiger partial charge in [-0.1, -0.05) is 0 Å². The minimum atomic E-state index is -2.60. The van der Waals surface area contributed by atoms with E-state index in [4.69, 9.17) is 42.1 Å². The summed E-state index contributed by atoms with van der Waals surface area (Å²) in [5.74, 6) is -2.60. The Kier molecular flexibility index (Phi) is 8.52. The van der Waals surface area contributed by atoms with Crippen molar-refractivity contribution in [2.24, 2.45) is 11.5 Å². The molecule has 10 N–H and O–H groups in total. The summed E-state index contributed by atoms with van der Waals surface area (Å²) in [4.78, 5) is 0. The van der Waals surface area contributed by atoms with E-state index in [1.54, 1.807) is 0 Å². The topological polar surface area (TPSA) is 173 Å². The maximum absolute atomic E-state index is 9.13. The second-order valence-electron chi connectivity index (χ2n) is 3.06. The zero-order chi connectivity index (χ0) is 13.5. The Labute approximate surface area is 93.1 Å². The van der Waals surface area contributed by atoms with Crippen LogP contribution in [0.25, 0.3) is 0 Å². The highest BCUT2D eigenvalue weighted by Gasteiger charge is 2.39. The fourth-order valence-corrected chi connectivity index (χ4v) is 0.796. The molecule has 0 saturated carbocycles. The molecular weight excluding hydrogens is 220 g/mol. The quantitative estimate of drug-likeness (QED) is 0.176. The van der Waals surface area contributed by atoms with Crippen LogP contribution in [0.4, 0.5) is 0 Å². The van der Waals surface area contributed by atoms with Crippen molar-refractivity contribution in [3.63, 3.8) is 0 Å². The minimum absolute atomic E-state index is 0.821. The van der Waals surface area contributed by atoms with Crippen LogP contribution >= 0.6 is 0 Å². The minimum Gasteiger partial charge on any atom is -0.394 e. The first-order chi connectivity index (χ1) is 7.21. The molecule has 0 aromatic heterocycles. The van der Waals surface area contributed by atoms with Crippen LogP contribution in [0.5, 0.6) is 0 Å². The lowest BCUT2D eigenvalue weighted by Gasteiger charge is -2.31. The lowest BCUT2D eigenvalue weighted by molar-refractivity contribution is -0.169. The van der Waals surface area contributed by atoms with E-state index in [0.717, 1.165) is 0 Å². The molecule has 0 saturated heterocycles. The maximum Gasteiger partial charge on any atom is 0.196 e. The molecule has 0 bridgehead atoms. The van der Waals surface area contributed by atoms with Crippen molar-refractivity contribution in [3.8, 4) is 0 Å². The molecule has 0 heterocycles. The molecule has 0 unspecified atom stereocenters. The van der Waals surface area contributed by atoms with Crippen molar-refractivity contribution in [2.75, 3.05) is 6.61 Å². The summed E-state index contributed by atoms with van der Waals surface area (Å²) >= 11 is 0. The van der Waals surface area contributed by atoms with Crippen molar-refractivity contribution in [3.05, 3.63) is 13.2 Å². The van der Waals surface area contributed by atoms with Crippen LogP contribution in [-0.4, -0.2) is 67.5 Å². The van der Waals surface area contributed by atoms with E-state index in [-0.39, 0.29) is 0 Å². The predicted molar refractivity (Wildman–Crippen MR) is 55.7 cm³/mol. The van der Waals surface area contributed by atoms with E-state index in [2.05, 4.69) is 13.2 Å². The zero-order valence-electron chi connectivity index (χ0n) is 8.77. The van der Waals surface area contributed by atoms with E-state index in [0.29, 0.717) is 0 Å². The van der Waals surface area contributed by atoms with Gasteiger partial charge >= 0.3 is 0 Å². The van der Waals surface area contributed by atoms with Gasteiger partial charge in [0.15, 0.2) is 5.85 Å². The van der Waals surface area contributed by atoms with E-state index < -0.39 is 36.9 Å². The predicted octanol–water partition coefficient (Wildman–Crippen LogP) is -4.21. The van der Waals surface area contributed by atoms with Crippen LogP contribution in [0.15, 0.2) is 13.2 Å². The van der Waals surface area contributed by atoms with Gasteiger partial charge in [0.25, 0.3) is 0 Å². The normalized spacial score (nSPS) is 19.0. The SMILES string of the molecule is C=C.NC(N)(O)[C@H](O)[C@@H](O)[C@H](O)[C@H](O)CO. The van der Waals surface area contributed by atoms with Crippen molar-refractivity contribution < 1.29 is 30.6 Å². The van der Waals surface area contributed by atoms with Gasteiger partial charge in [-0.2, -0.15) is 0 Å². The summed E-state index contributed by atoms with van der Waals surface area (Å²) in [6, 6.07) is 0. The third-order valence-electron chi connectivity index (χ3n) is 1.73. The molecule has 8 heteroatoms. The number of hydrogen-bond donors (Lipinski definition) is 8. The van der Waals surface area contributed by atoms with E-state index in [1.807, 2.05) is 0 Å². The summed E-state index contributed by atoms with van der Waals surface area (Å²) < 4.78 is 0. The van der Waals surface area contributed by atoms with Gasteiger partial charge in [-0.3, -0.25) is 11.5 Å². The molecule has 0 aliphatic heterocycles. The molecule has 0 amide bonds. The molecular formula is C8H20N2O6. The molecule has 8 nitrogen and oxygen atoms in total. The first-order valence-electron chi connectivity index (χ1n) is 4.35. The molecule has 0 aromatic rings. The molecule has 0 spiro atoms. The third kappa shape index (κ3) is 5.49. The first-order valence-corrected chi connectivity index (χ1v) is 4.35. The van der Waals surface area contributed by atoms with E-state index in [9.17, 15) is 0 Å². The van der Waals surface area contributed by atoms with Gasteiger partial charge < -0.3 is 30.6 Å². The summed E-state index contributed by atoms with van der Waals surface area (Å²) in [6.07, 6.45) is -7.56. The van der Waals surface area contributed by atoms with Gasteiger partial charge in [0, 0.05) is 0 Å². The molecule has 16 heavy (non-hydrogen) atoms. The molecule has 0 radical (unpaired) electrons. The summed E-state index contributed by atoms with van der Waals surface area (Å²) in [5.41, 5.74) is 9.65.